The van der Waals surface area contributed by atoms with E-state index in [9.17, 15) is 14.4 Å². The molecule has 2 aromatic heterocycles. The van der Waals surface area contributed by atoms with Crippen molar-refractivity contribution in [1.82, 2.24) is 9.55 Å². The molecular weight excluding hydrogens is 276 g/mol. The Bertz CT molecular complexity index is 722. The Hall–Kier alpha value is -1.80. The Balaban J connectivity index is 2.88. The van der Waals surface area contributed by atoms with Crippen LogP contribution in [0.5, 0.6) is 0 Å². The molecule has 8 heteroatoms. The highest BCUT2D eigenvalue weighted by Crippen LogP contribution is 2.27. The molecule has 2 N–H and O–H groups in total. The first kappa shape index (κ1) is 12.7. The van der Waals surface area contributed by atoms with E-state index in [0.717, 1.165) is 10.8 Å². The molecule has 0 unspecified atom stereocenters. The van der Waals surface area contributed by atoms with Crippen molar-refractivity contribution in [3.63, 3.8) is 0 Å². The molecule has 2 heterocycles. The van der Waals surface area contributed by atoms with Crippen LogP contribution in [0.4, 0.5) is 0 Å². The molecule has 0 aliphatic rings. The number of aryl methyl sites for hydroxylation is 1. The van der Waals surface area contributed by atoms with Gasteiger partial charge < -0.3 is 10.1 Å². The SMILES string of the molecule is Cc1csc(S)c1-n1c(=O)[nH]cc(C(=O)O)c1=O. The molecule has 0 spiro atoms. The van der Waals surface area contributed by atoms with Crippen molar-refractivity contribution >= 4 is 29.9 Å². The Labute approximate surface area is 110 Å². The number of thiol groups is 1. The molecule has 0 aromatic carbocycles. The average molecular weight is 284 g/mol. The number of aromatic carboxylic acids is 1. The highest BCUT2D eigenvalue weighted by atomic mass is 32.2. The molecule has 0 radical (unpaired) electrons. The zero-order valence-electron chi connectivity index (χ0n) is 9.13. The molecular formula is C10H8N2O4S2. The number of nitrogens with one attached hydrogen (secondary N) is 1. The molecule has 0 aliphatic heterocycles. The molecule has 2 aromatic rings. The summed E-state index contributed by atoms with van der Waals surface area (Å²) in [5.74, 6) is -1.39. The topological polar surface area (TPSA) is 92.2 Å². The summed E-state index contributed by atoms with van der Waals surface area (Å²) in [5, 5.41) is 10.6. The molecule has 2 rings (SSSR count). The van der Waals surface area contributed by atoms with Crippen LogP contribution in [0.3, 0.4) is 0 Å². The van der Waals surface area contributed by atoms with Crippen LogP contribution in [0.1, 0.15) is 15.9 Å². The molecule has 0 aliphatic carbocycles. The van der Waals surface area contributed by atoms with Gasteiger partial charge in [0.1, 0.15) is 5.56 Å². The van der Waals surface area contributed by atoms with E-state index in [1.807, 2.05) is 0 Å². The molecule has 94 valence electrons. The van der Waals surface area contributed by atoms with Crippen LogP contribution < -0.4 is 11.2 Å². The second kappa shape index (κ2) is 4.46. The first-order valence-electron chi connectivity index (χ1n) is 4.79. The summed E-state index contributed by atoms with van der Waals surface area (Å²) in [4.78, 5) is 36.8. The van der Waals surface area contributed by atoms with E-state index < -0.39 is 22.8 Å². The Morgan fingerprint density at radius 1 is 1.50 bits per heavy atom. The van der Waals surface area contributed by atoms with E-state index in [0.29, 0.717) is 15.5 Å². The molecule has 0 amide bonds. The minimum absolute atomic E-state index is 0.317. The summed E-state index contributed by atoms with van der Waals surface area (Å²) in [7, 11) is 0. The van der Waals surface area contributed by atoms with Gasteiger partial charge in [-0.25, -0.2) is 14.2 Å². The number of hydrogen-bond donors (Lipinski definition) is 3. The maximum absolute atomic E-state index is 12.0. The van der Waals surface area contributed by atoms with Crippen LogP contribution in [0, 0.1) is 6.92 Å². The third-order valence-electron chi connectivity index (χ3n) is 2.35. The van der Waals surface area contributed by atoms with Crippen molar-refractivity contribution in [2.45, 2.75) is 11.1 Å². The summed E-state index contributed by atoms with van der Waals surface area (Å²) < 4.78 is 1.26. The van der Waals surface area contributed by atoms with Gasteiger partial charge in [-0.15, -0.1) is 24.0 Å². The molecule has 0 fully saturated rings. The molecule has 0 atom stereocenters. The van der Waals surface area contributed by atoms with E-state index in [2.05, 4.69) is 17.6 Å². The van der Waals surface area contributed by atoms with Crippen molar-refractivity contribution in [3.05, 3.63) is 43.5 Å². The van der Waals surface area contributed by atoms with Gasteiger partial charge in [-0.1, -0.05) is 0 Å². The van der Waals surface area contributed by atoms with E-state index in [-0.39, 0.29) is 0 Å². The van der Waals surface area contributed by atoms with Crippen molar-refractivity contribution in [2.75, 3.05) is 0 Å². The van der Waals surface area contributed by atoms with Crippen molar-refractivity contribution < 1.29 is 9.90 Å². The molecule has 0 bridgehead atoms. The Morgan fingerprint density at radius 3 is 2.67 bits per heavy atom. The van der Waals surface area contributed by atoms with Crippen LogP contribution in [0.15, 0.2) is 25.4 Å². The van der Waals surface area contributed by atoms with Crippen LogP contribution in [0.25, 0.3) is 5.69 Å². The third kappa shape index (κ3) is 1.89. The second-order valence-electron chi connectivity index (χ2n) is 3.53. The predicted molar refractivity (Wildman–Crippen MR) is 69.5 cm³/mol. The fraction of sp³-hybridized carbons (Fsp3) is 0.100. The fourth-order valence-electron chi connectivity index (χ4n) is 1.53. The number of nitrogens with zero attached hydrogens (tertiary/aromatic N) is 1. The summed E-state index contributed by atoms with van der Waals surface area (Å²) >= 11 is 5.43. The lowest BCUT2D eigenvalue weighted by molar-refractivity contribution is 0.0694. The lowest BCUT2D eigenvalue weighted by Gasteiger charge is -2.05. The minimum atomic E-state index is -1.39. The lowest BCUT2D eigenvalue weighted by Crippen LogP contribution is -2.37. The standard InChI is InChI=1S/C10H8N2O4S2/c1-4-3-18-9(17)6(4)12-7(13)5(8(14)15)2-11-10(12)16/h2-3,17H,1H3,(H,11,16)(H,14,15). The smallest absolute Gasteiger partial charge is 0.342 e. The summed E-state index contributed by atoms with van der Waals surface area (Å²) in [6, 6.07) is 0. The predicted octanol–water partition coefficient (Wildman–Crippen LogP) is 0.883. The number of carboxylic acid groups (broad SMARTS) is 1. The van der Waals surface area contributed by atoms with Crippen LogP contribution in [-0.2, 0) is 0 Å². The second-order valence-corrected chi connectivity index (χ2v) is 5.16. The first-order valence-corrected chi connectivity index (χ1v) is 6.11. The van der Waals surface area contributed by atoms with Gasteiger partial charge in [-0.05, 0) is 17.9 Å². The van der Waals surface area contributed by atoms with Gasteiger partial charge in [0.25, 0.3) is 5.56 Å². The fourth-order valence-corrected chi connectivity index (χ4v) is 2.72. The molecule has 0 saturated carbocycles. The summed E-state index contributed by atoms with van der Waals surface area (Å²) in [5.41, 5.74) is -1.06. The third-order valence-corrected chi connectivity index (χ3v) is 3.77. The van der Waals surface area contributed by atoms with Crippen LogP contribution in [0.2, 0.25) is 0 Å². The number of rotatable bonds is 2. The van der Waals surface area contributed by atoms with Gasteiger partial charge in [-0.3, -0.25) is 4.79 Å². The number of aromatic nitrogens is 2. The van der Waals surface area contributed by atoms with Crippen molar-refractivity contribution in [3.8, 4) is 5.69 Å². The number of carboxylic acids is 1. The molecule has 0 saturated heterocycles. The van der Waals surface area contributed by atoms with Gasteiger partial charge >= 0.3 is 11.7 Å². The van der Waals surface area contributed by atoms with E-state index in [1.165, 1.54) is 11.3 Å². The Morgan fingerprint density at radius 2 is 2.17 bits per heavy atom. The quantitative estimate of drug-likeness (QED) is 0.714. The zero-order valence-corrected chi connectivity index (χ0v) is 10.8. The zero-order chi connectivity index (χ0) is 13.4. The van der Waals surface area contributed by atoms with Gasteiger partial charge in [-0.2, -0.15) is 0 Å². The van der Waals surface area contributed by atoms with Gasteiger partial charge in [0.15, 0.2) is 0 Å². The number of H-pyrrole nitrogens is 1. The largest absolute Gasteiger partial charge is 0.477 e. The van der Waals surface area contributed by atoms with Gasteiger partial charge in [0.2, 0.25) is 0 Å². The Kier molecular flexibility index (Phi) is 3.14. The van der Waals surface area contributed by atoms with E-state index in [4.69, 9.17) is 5.11 Å². The average Bonchev–Trinajstić information content (AvgIpc) is 2.60. The number of carbonyl (C=O) groups is 1. The van der Waals surface area contributed by atoms with Crippen LogP contribution >= 0.6 is 24.0 Å². The lowest BCUT2D eigenvalue weighted by atomic mass is 10.3. The molecule has 6 nitrogen and oxygen atoms in total. The van der Waals surface area contributed by atoms with Gasteiger partial charge in [0, 0.05) is 6.20 Å². The minimum Gasteiger partial charge on any atom is -0.477 e. The summed E-state index contributed by atoms with van der Waals surface area (Å²) in [6.07, 6.45) is 0.892. The van der Waals surface area contributed by atoms with Crippen molar-refractivity contribution in [1.29, 1.82) is 0 Å². The highest BCUT2D eigenvalue weighted by molar-refractivity contribution is 7.83. The number of thiophene rings is 1. The van der Waals surface area contributed by atoms with Gasteiger partial charge in [0.05, 0.1) is 9.90 Å². The maximum Gasteiger partial charge on any atom is 0.342 e. The van der Waals surface area contributed by atoms with Crippen molar-refractivity contribution in [2.24, 2.45) is 0 Å². The number of hydrogen-bond acceptors (Lipinski definition) is 5. The number of aromatic amines is 1. The van der Waals surface area contributed by atoms with E-state index >= 15 is 0 Å². The van der Waals surface area contributed by atoms with Crippen LogP contribution in [-0.4, -0.2) is 20.6 Å². The maximum atomic E-state index is 12.0. The first-order chi connectivity index (χ1) is 8.43. The normalized spacial score (nSPS) is 10.6. The monoisotopic (exact) mass is 284 g/mol. The highest BCUT2D eigenvalue weighted by Gasteiger charge is 2.18. The summed E-state index contributed by atoms with van der Waals surface area (Å²) in [6.45, 7) is 1.71. The molecule has 18 heavy (non-hydrogen) atoms. The van der Waals surface area contributed by atoms with E-state index in [1.54, 1.807) is 12.3 Å².